The fraction of sp³-hybridized carbons (Fsp3) is 0.143. The number of anilines is 2. The number of methoxy groups -OCH3 is 2. The van der Waals surface area contributed by atoms with Gasteiger partial charge in [0.15, 0.2) is 17.1 Å². The number of hydrogen-bond acceptors (Lipinski definition) is 7. The van der Waals surface area contributed by atoms with E-state index in [2.05, 4.69) is 10.4 Å². The molecule has 0 aliphatic rings. The maximum absolute atomic E-state index is 13.6. The maximum Gasteiger partial charge on any atom is 0.261 e. The lowest BCUT2D eigenvalue weighted by molar-refractivity contribution is 0.102. The van der Waals surface area contributed by atoms with Gasteiger partial charge < -0.3 is 20.5 Å². The summed E-state index contributed by atoms with van der Waals surface area (Å²) >= 11 is 0. The zero-order valence-corrected chi connectivity index (χ0v) is 20.9. The van der Waals surface area contributed by atoms with Gasteiger partial charge >= 0.3 is 0 Å². The van der Waals surface area contributed by atoms with Crippen molar-refractivity contribution in [3.63, 3.8) is 0 Å². The van der Waals surface area contributed by atoms with Crippen molar-refractivity contribution in [1.82, 2.24) is 14.6 Å². The van der Waals surface area contributed by atoms with Crippen molar-refractivity contribution >= 4 is 45.8 Å². The van der Waals surface area contributed by atoms with Gasteiger partial charge in [-0.2, -0.15) is 9.78 Å². The van der Waals surface area contributed by atoms with Crippen LogP contribution in [-0.2, 0) is 0 Å². The summed E-state index contributed by atoms with van der Waals surface area (Å²) in [6, 6.07) is 18.7. The number of para-hydroxylation sites is 3. The van der Waals surface area contributed by atoms with Crippen LogP contribution in [0, 0.1) is 13.8 Å². The second kappa shape index (κ2) is 9.62. The van der Waals surface area contributed by atoms with E-state index in [9.17, 15) is 4.79 Å². The van der Waals surface area contributed by atoms with E-state index in [0.717, 1.165) is 11.1 Å². The number of nitrogens with two attached hydrogens (primary N) is 1. The summed E-state index contributed by atoms with van der Waals surface area (Å²) in [6.45, 7) is 3.90. The number of aryl methyl sites for hydroxylation is 2. The minimum Gasteiger partial charge on any atom is -0.493 e. The Kier molecular flexibility index (Phi) is 6.19. The van der Waals surface area contributed by atoms with Crippen molar-refractivity contribution in [2.75, 3.05) is 25.3 Å². The molecule has 0 aliphatic carbocycles. The fourth-order valence-corrected chi connectivity index (χ4v) is 4.18. The Morgan fingerprint density at radius 2 is 1.76 bits per heavy atom. The van der Waals surface area contributed by atoms with Crippen molar-refractivity contribution in [2.24, 2.45) is 5.10 Å². The smallest absolute Gasteiger partial charge is 0.261 e. The van der Waals surface area contributed by atoms with Crippen LogP contribution in [0.15, 0.2) is 65.8 Å². The SMILES string of the molecule is COc1cccc(C=Nn2c(N)c(C(=O)Nc3cc(C)ccc3C)c3nc4ccccc4nc32)c1OC. The molecule has 0 saturated heterocycles. The van der Waals surface area contributed by atoms with Gasteiger partial charge in [-0.05, 0) is 55.3 Å². The van der Waals surface area contributed by atoms with Gasteiger partial charge in [-0.15, -0.1) is 0 Å². The Morgan fingerprint density at radius 3 is 2.49 bits per heavy atom. The molecule has 2 aromatic heterocycles. The predicted molar refractivity (Wildman–Crippen MR) is 146 cm³/mol. The van der Waals surface area contributed by atoms with Crippen LogP contribution in [0.3, 0.4) is 0 Å². The Bertz CT molecular complexity index is 1690. The van der Waals surface area contributed by atoms with E-state index < -0.39 is 5.91 Å². The topological polar surface area (TPSA) is 117 Å². The minimum atomic E-state index is -0.395. The molecule has 3 N–H and O–H groups in total. The molecule has 2 heterocycles. The van der Waals surface area contributed by atoms with Crippen molar-refractivity contribution in [1.29, 1.82) is 0 Å². The van der Waals surface area contributed by atoms with Gasteiger partial charge in [-0.3, -0.25) is 4.79 Å². The number of aromatic nitrogens is 3. The van der Waals surface area contributed by atoms with Gasteiger partial charge in [0.2, 0.25) is 0 Å². The molecule has 1 amide bonds. The first kappa shape index (κ1) is 23.8. The van der Waals surface area contributed by atoms with Crippen LogP contribution in [0.1, 0.15) is 27.0 Å². The first-order valence-electron chi connectivity index (χ1n) is 11.6. The third kappa shape index (κ3) is 4.31. The number of nitrogens with one attached hydrogen (secondary N) is 1. The normalized spacial score (nSPS) is 11.4. The Hall–Kier alpha value is -4.92. The van der Waals surface area contributed by atoms with Crippen molar-refractivity contribution < 1.29 is 14.3 Å². The number of benzene rings is 3. The molecule has 0 atom stereocenters. The van der Waals surface area contributed by atoms with E-state index in [0.29, 0.717) is 44.9 Å². The van der Waals surface area contributed by atoms with Gasteiger partial charge in [0.1, 0.15) is 16.9 Å². The zero-order valence-electron chi connectivity index (χ0n) is 20.9. The molecule has 0 fully saturated rings. The number of carbonyl (C=O) groups is 1. The molecule has 0 saturated carbocycles. The molecule has 0 bridgehead atoms. The van der Waals surface area contributed by atoms with Gasteiger partial charge in [0, 0.05) is 11.3 Å². The number of hydrogen-bond donors (Lipinski definition) is 2. The van der Waals surface area contributed by atoms with Crippen LogP contribution in [0.4, 0.5) is 11.5 Å². The highest BCUT2D eigenvalue weighted by Gasteiger charge is 2.24. The number of rotatable bonds is 6. The number of nitrogens with zero attached hydrogens (tertiary/aromatic N) is 4. The Morgan fingerprint density at radius 1 is 1.00 bits per heavy atom. The monoisotopic (exact) mass is 494 g/mol. The molecule has 3 aromatic carbocycles. The minimum absolute atomic E-state index is 0.117. The lowest BCUT2D eigenvalue weighted by Gasteiger charge is -2.10. The van der Waals surface area contributed by atoms with E-state index in [1.54, 1.807) is 26.5 Å². The Labute approximate surface area is 213 Å². The van der Waals surface area contributed by atoms with Crippen LogP contribution in [0.25, 0.3) is 22.2 Å². The van der Waals surface area contributed by atoms with Gasteiger partial charge in [0.25, 0.3) is 5.91 Å². The summed E-state index contributed by atoms with van der Waals surface area (Å²) in [5, 5.41) is 7.57. The van der Waals surface area contributed by atoms with Crippen molar-refractivity contribution in [3.05, 3.63) is 82.9 Å². The molecule has 0 aliphatic heterocycles. The van der Waals surface area contributed by atoms with Crippen LogP contribution in [0.5, 0.6) is 11.5 Å². The van der Waals surface area contributed by atoms with E-state index in [1.165, 1.54) is 4.68 Å². The van der Waals surface area contributed by atoms with E-state index in [-0.39, 0.29) is 11.4 Å². The highest BCUT2D eigenvalue weighted by atomic mass is 16.5. The summed E-state index contributed by atoms with van der Waals surface area (Å²) in [5.41, 5.74) is 12.1. The molecule has 0 radical (unpaired) electrons. The number of amides is 1. The first-order chi connectivity index (χ1) is 17.9. The van der Waals surface area contributed by atoms with Crippen molar-refractivity contribution in [2.45, 2.75) is 13.8 Å². The fourth-order valence-electron chi connectivity index (χ4n) is 4.18. The van der Waals surface area contributed by atoms with Gasteiger partial charge in [0.05, 0.1) is 31.5 Å². The molecule has 9 heteroatoms. The summed E-state index contributed by atoms with van der Waals surface area (Å²) in [7, 11) is 3.12. The summed E-state index contributed by atoms with van der Waals surface area (Å²) in [5.74, 6) is 0.810. The first-order valence-corrected chi connectivity index (χ1v) is 11.6. The predicted octanol–water partition coefficient (Wildman–Crippen LogP) is 4.94. The molecular weight excluding hydrogens is 468 g/mol. The van der Waals surface area contributed by atoms with E-state index >= 15 is 0 Å². The number of ether oxygens (including phenoxy) is 2. The Balaban J connectivity index is 1.68. The molecule has 0 unspecified atom stereocenters. The molecule has 5 rings (SSSR count). The second-order valence-corrected chi connectivity index (χ2v) is 8.56. The average Bonchev–Trinajstić information content (AvgIpc) is 3.17. The van der Waals surface area contributed by atoms with Gasteiger partial charge in [-0.25, -0.2) is 9.97 Å². The van der Waals surface area contributed by atoms with Crippen LogP contribution in [-0.4, -0.2) is 41.0 Å². The highest BCUT2D eigenvalue weighted by Crippen LogP contribution is 2.31. The number of carbonyl (C=O) groups excluding carboxylic acids is 1. The molecule has 5 aromatic rings. The van der Waals surface area contributed by atoms with Crippen LogP contribution in [0.2, 0.25) is 0 Å². The molecule has 37 heavy (non-hydrogen) atoms. The summed E-state index contributed by atoms with van der Waals surface area (Å²) in [4.78, 5) is 23.0. The molecule has 186 valence electrons. The van der Waals surface area contributed by atoms with E-state index in [1.807, 2.05) is 68.4 Å². The number of nitrogen functional groups attached to an aromatic ring is 1. The number of fused-ring (bicyclic) bond motifs is 2. The van der Waals surface area contributed by atoms with Crippen LogP contribution >= 0.6 is 0 Å². The zero-order chi connectivity index (χ0) is 26.1. The maximum atomic E-state index is 13.6. The van der Waals surface area contributed by atoms with Gasteiger partial charge in [-0.1, -0.05) is 30.3 Å². The highest BCUT2D eigenvalue weighted by molar-refractivity contribution is 6.16. The third-order valence-corrected chi connectivity index (χ3v) is 6.09. The molecule has 0 spiro atoms. The largest absolute Gasteiger partial charge is 0.493 e. The summed E-state index contributed by atoms with van der Waals surface area (Å²) in [6.07, 6.45) is 1.58. The van der Waals surface area contributed by atoms with Crippen LogP contribution < -0.4 is 20.5 Å². The quantitative estimate of drug-likeness (QED) is 0.323. The molecular formula is C28H26N6O3. The lowest BCUT2D eigenvalue weighted by atomic mass is 10.1. The average molecular weight is 495 g/mol. The lowest BCUT2D eigenvalue weighted by Crippen LogP contribution is -2.15. The summed E-state index contributed by atoms with van der Waals surface area (Å²) < 4.78 is 12.3. The third-order valence-electron chi connectivity index (χ3n) is 6.09. The van der Waals surface area contributed by atoms with Crippen molar-refractivity contribution in [3.8, 4) is 11.5 Å². The second-order valence-electron chi connectivity index (χ2n) is 8.56. The standard InChI is InChI=1S/C28H26N6O3/c1-16-12-13-17(2)21(14-16)33-28(35)23-24-27(32-20-10-6-5-9-19(20)31-24)34(26(23)29)30-15-18-8-7-11-22(36-3)25(18)37-4/h5-15H,29H2,1-4H3,(H,33,35). The van der Waals surface area contributed by atoms with E-state index in [4.69, 9.17) is 25.2 Å². The molecule has 9 nitrogen and oxygen atoms in total.